The van der Waals surface area contributed by atoms with E-state index in [0.29, 0.717) is 0 Å². The highest BCUT2D eigenvalue weighted by Crippen LogP contribution is 2.39. The van der Waals surface area contributed by atoms with E-state index in [1.54, 1.807) is 13.8 Å². The summed E-state index contributed by atoms with van der Waals surface area (Å²) in [6, 6.07) is 0. The molecule has 0 saturated heterocycles. The van der Waals surface area contributed by atoms with Crippen molar-refractivity contribution < 1.29 is 9.90 Å². The average molecular weight is 237 g/mol. The first kappa shape index (κ1) is 11.9. The van der Waals surface area contributed by atoms with Crippen molar-refractivity contribution in [3.63, 3.8) is 0 Å². The van der Waals surface area contributed by atoms with Crippen LogP contribution in [0, 0.1) is 10.8 Å². The second kappa shape index (κ2) is 3.36. The average Bonchev–Trinajstić information content (AvgIpc) is 1.83. The fraction of sp³-hybridized carbons (Fsp3) is 0.889. The monoisotopic (exact) mass is 236 g/mol. The number of hydrogen-bond donors (Lipinski definition) is 1. The predicted octanol–water partition coefficient (Wildman–Crippen LogP) is 2.91. The van der Waals surface area contributed by atoms with E-state index in [1.165, 1.54) is 0 Å². The van der Waals surface area contributed by atoms with E-state index >= 15 is 0 Å². The van der Waals surface area contributed by atoms with Crippen LogP contribution in [0.5, 0.6) is 0 Å². The number of carboxylic acids is 1. The van der Waals surface area contributed by atoms with Crippen molar-refractivity contribution >= 4 is 21.9 Å². The first-order valence-electron chi connectivity index (χ1n) is 3.97. The van der Waals surface area contributed by atoms with Gasteiger partial charge < -0.3 is 5.11 Å². The van der Waals surface area contributed by atoms with Crippen LogP contribution in [0.25, 0.3) is 0 Å². The van der Waals surface area contributed by atoms with Gasteiger partial charge >= 0.3 is 5.97 Å². The Morgan fingerprint density at radius 2 is 1.58 bits per heavy atom. The van der Waals surface area contributed by atoms with Crippen LogP contribution in [-0.2, 0) is 4.79 Å². The summed E-state index contributed by atoms with van der Waals surface area (Å²) < 4.78 is 0. The zero-order chi connectivity index (χ0) is 10.2. The van der Waals surface area contributed by atoms with Crippen molar-refractivity contribution in [1.29, 1.82) is 0 Å². The van der Waals surface area contributed by atoms with Crippen molar-refractivity contribution in [2.75, 3.05) is 0 Å². The first-order chi connectivity index (χ1) is 5.10. The Hall–Kier alpha value is -0.0500. The molecule has 1 atom stereocenters. The summed E-state index contributed by atoms with van der Waals surface area (Å²) in [5.41, 5.74) is -0.764. The Labute approximate surface area is 82.5 Å². The van der Waals surface area contributed by atoms with Crippen LogP contribution < -0.4 is 0 Å². The number of hydrogen-bond acceptors (Lipinski definition) is 1. The van der Waals surface area contributed by atoms with Gasteiger partial charge in [-0.1, -0.05) is 36.7 Å². The van der Waals surface area contributed by atoms with Gasteiger partial charge in [0.1, 0.15) is 0 Å². The highest BCUT2D eigenvalue weighted by Gasteiger charge is 2.41. The second-order valence-electron chi connectivity index (χ2n) is 4.76. The molecule has 2 nitrogen and oxygen atoms in total. The minimum Gasteiger partial charge on any atom is -0.481 e. The molecule has 0 rings (SSSR count). The van der Waals surface area contributed by atoms with Crippen molar-refractivity contribution in [1.82, 2.24) is 0 Å². The normalized spacial score (nSPS) is 15.8. The van der Waals surface area contributed by atoms with Crippen molar-refractivity contribution in [3.05, 3.63) is 0 Å². The first-order valence-corrected chi connectivity index (χ1v) is 4.89. The van der Waals surface area contributed by atoms with E-state index in [4.69, 9.17) is 5.11 Å². The van der Waals surface area contributed by atoms with E-state index in [1.807, 2.05) is 20.8 Å². The van der Waals surface area contributed by atoms with Gasteiger partial charge in [-0.15, -0.1) is 0 Å². The van der Waals surface area contributed by atoms with Crippen molar-refractivity contribution in [2.24, 2.45) is 10.8 Å². The van der Waals surface area contributed by atoms with Crippen LogP contribution in [0.3, 0.4) is 0 Å². The lowest BCUT2D eigenvalue weighted by molar-refractivity contribution is -0.147. The summed E-state index contributed by atoms with van der Waals surface area (Å²) in [4.78, 5) is 10.8. The molecule has 0 aromatic carbocycles. The smallest absolute Gasteiger partial charge is 0.310 e. The fourth-order valence-corrected chi connectivity index (χ4v) is 1.39. The standard InChI is InChI=1S/C9H17BrO2/c1-8(2,3)6(10)9(4,5)7(11)12/h6H,1-5H3,(H,11,12). The van der Waals surface area contributed by atoms with E-state index < -0.39 is 11.4 Å². The summed E-state index contributed by atoms with van der Waals surface area (Å²) in [6.45, 7) is 9.55. The molecule has 0 saturated carbocycles. The number of halogens is 1. The van der Waals surface area contributed by atoms with Gasteiger partial charge in [-0.3, -0.25) is 4.79 Å². The molecule has 0 aliphatic rings. The van der Waals surface area contributed by atoms with Crippen LogP contribution in [0.1, 0.15) is 34.6 Å². The molecule has 0 aromatic rings. The van der Waals surface area contributed by atoms with Crippen LogP contribution in [0.4, 0.5) is 0 Å². The molecule has 0 heterocycles. The van der Waals surface area contributed by atoms with Crippen LogP contribution in [0.2, 0.25) is 0 Å². The maximum Gasteiger partial charge on any atom is 0.310 e. The summed E-state index contributed by atoms with van der Waals surface area (Å²) in [5, 5.41) is 8.94. The molecule has 0 aliphatic heterocycles. The Morgan fingerprint density at radius 3 is 1.67 bits per heavy atom. The van der Waals surface area contributed by atoms with Crippen LogP contribution in [0.15, 0.2) is 0 Å². The van der Waals surface area contributed by atoms with E-state index in [9.17, 15) is 4.79 Å². The summed E-state index contributed by atoms with van der Waals surface area (Å²) in [7, 11) is 0. The molecule has 72 valence electrons. The number of aliphatic carboxylic acids is 1. The molecule has 0 amide bonds. The molecule has 0 radical (unpaired) electrons. The number of carbonyl (C=O) groups is 1. The van der Waals surface area contributed by atoms with Gasteiger partial charge in [-0.25, -0.2) is 0 Å². The second-order valence-corrected chi connectivity index (χ2v) is 5.67. The SMILES string of the molecule is CC(C)(C)C(Br)C(C)(C)C(=O)O. The summed E-state index contributed by atoms with van der Waals surface area (Å²) in [5.74, 6) is -0.765. The minimum absolute atomic E-state index is 0.0324. The Balaban J connectivity index is 4.69. The number of alkyl halides is 1. The lowest BCUT2D eigenvalue weighted by Crippen LogP contribution is -2.40. The highest BCUT2D eigenvalue weighted by atomic mass is 79.9. The Morgan fingerprint density at radius 1 is 1.25 bits per heavy atom. The summed E-state index contributed by atoms with van der Waals surface area (Å²) in [6.07, 6.45) is 0. The van der Waals surface area contributed by atoms with Crippen molar-refractivity contribution in [3.8, 4) is 0 Å². The third kappa shape index (κ3) is 2.47. The lowest BCUT2D eigenvalue weighted by Gasteiger charge is -2.35. The minimum atomic E-state index is -0.765. The molecule has 0 aromatic heterocycles. The van der Waals surface area contributed by atoms with E-state index in [2.05, 4.69) is 15.9 Å². The largest absolute Gasteiger partial charge is 0.481 e. The quantitative estimate of drug-likeness (QED) is 0.749. The number of carboxylic acid groups (broad SMARTS) is 1. The topological polar surface area (TPSA) is 37.3 Å². The zero-order valence-electron chi connectivity index (χ0n) is 8.31. The lowest BCUT2D eigenvalue weighted by atomic mass is 9.76. The molecule has 1 unspecified atom stereocenters. The van der Waals surface area contributed by atoms with E-state index in [0.717, 1.165) is 0 Å². The number of rotatable bonds is 2. The fourth-order valence-electron chi connectivity index (χ4n) is 1.19. The molecule has 3 heteroatoms. The maximum atomic E-state index is 10.9. The molecule has 0 aliphatic carbocycles. The summed E-state index contributed by atoms with van der Waals surface area (Å²) >= 11 is 3.44. The zero-order valence-corrected chi connectivity index (χ0v) is 9.90. The van der Waals surface area contributed by atoms with E-state index in [-0.39, 0.29) is 10.2 Å². The highest BCUT2D eigenvalue weighted by molar-refractivity contribution is 9.09. The molecule has 12 heavy (non-hydrogen) atoms. The van der Waals surface area contributed by atoms with Crippen molar-refractivity contribution in [2.45, 2.75) is 39.4 Å². The molecule has 1 N–H and O–H groups in total. The third-order valence-electron chi connectivity index (χ3n) is 1.95. The van der Waals surface area contributed by atoms with Gasteiger partial charge in [0.25, 0.3) is 0 Å². The molecular weight excluding hydrogens is 220 g/mol. The molecular formula is C9H17BrO2. The maximum absolute atomic E-state index is 10.9. The molecule has 0 spiro atoms. The predicted molar refractivity (Wildman–Crippen MR) is 53.6 cm³/mol. The Kier molecular flexibility index (Phi) is 3.35. The Bertz CT molecular complexity index is 179. The van der Waals surface area contributed by atoms with Gasteiger partial charge in [0.2, 0.25) is 0 Å². The molecule has 0 fully saturated rings. The third-order valence-corrected chi connectivity index (χ3v) is 4.46. The van der Waals surface area contributed by atoms with Crippen LogP contribution in [-0.4, -0.2) is 15.9 Å². The van der Waals surface area contributed by atoms with Gasteiger partial charge in [-0.2, -0.15) is 0 Å². The van der Waals surface area contributed by atoms with Gasteiger partial charge in [-0.05, 0) is 19.3 Å². The molecule has 0 bridgehead atoms. The van der Waals surface area contributed by atoms with Crippen LogP contribution >= 0.6 is 15.9 Å². The van der Waals surface area contributed by atoms with Gasteiger partial charge in [0.15, 0.2) is 0 Å². The van der Waals surface area contributed by atoms with Gasteiger partial charge in [0, 0.05) is 4.83 Å². The van der Waals surface area contributed by atoms with Gasteiger partial charge in [0.05, 0.1) is 5.41 Å².